The van der Waals surface area contributed by atoms with E-state index in [1.54, 1.807) is 12.1 Å². The molecular weight excluding hydrogens is 296 g/mol. The highest BCUT2D eigenvalue weighted by Crippen LogP contribution is 2.33. The highest BCUT2D eigenvalue weighted by atomic mass is 16.6. The molecular formula is C17H16N2O4. The van der Waals surface area contributed by atoms with Gasteiger partial charge in [-0.3, -0.25) is 15.0 Å². The first kappa shape index (κ1) is 15.2. The zero-order valence-corrected chi connectivity index (χ0v) is 12.6. The minimum Gasteiger partial charge on any atom is -0.468 e. The maximum Gasteiger partial charge on any atom is 0.327 e. The average Bonchev–Trinajstić information content (AvgIpc) is 2.98. The van der Waals surface area contributed by atoms with E-state index in [0.717, 1.165) is 11.1 Å². The second-order valence-corrected chi connectivity index (χ2v) is 5.45. The van der Waals surface area contributed by atoms with Crippen LogP contribution in [-0.2, 0) is 22.6 Å². The van der Waals surface area contributed by atoms with Crippen molar-refractivity contribution in [1.29, 1.82) is 0 Å². The molecule has 0 saturated heterocycles. The summed E-state index contributed by atoms with van der Waals surface area (Å²) in [5.41, 5.74) is 2.85. The maximum absolute atomic E-state index is 12.3. The first-order chi connectivity index (χ1) is 11.1. The van der Waals surface area contributed by atoms with E-state index < -0.39 is 16.9 Å². The monoisotopic (exact) mass is 312 g/mol. The third kappa shape index (κ3) is 2.93. The molecule has 1 aliphatic rings. The lowest BCUT2D eigenvalue weighted by molar-refractivity contribution is -0.384. The molecule has 0 aromatic heterocycles. The van der Waals surface area contributed by atoms with Crippen molar-refractivity contribution >= 4 is 11.7 Å². The summed E-state index contributed by atoms with van der Waals surface area (Å²) in [6.07, 6.45) is 0. The van der Waals surface area contributed by atoms with Gasteiger partial charge in [0, 0.05) is 25.2 Å². The molecule has 23 heavy (non-hydrogen) atoms. The number of nitro benzene ring substituents is 1. The number of esters is 1. The molecule has 0 saturated carbocycles. The zero-order valence-electron chi connectivity index (χ0n) is 12.6. The third-order valence-corrected chi connectivity index (χ3v) is 4.05. The molecule has 1 heterocycles. The minimum atomic E-state index is -0.660. The van der Waals surface area contributed by atoms with Gasteiger partial charge in [0.1, 0.15) is 6.04 Å². The Morgan fingerprint density at radius 2 is 1.83 bits per heavy atom. The number of non-ortho nitro benzene ring substituents is 1. The van der Waals surface area contributed by atoms with Crippen molar-refractivity contribution in [2.24, 2.45) is 0 Å². The molecule has 0 bridgehead atoms. The Labute approximate surface area is 133 Å². The van der Waals surface area contributed by atoms with Gasteiger partial charge in [0.15, 0.2) is 0 Å². The fraction of sp³-hybridized carbons (Fsp3) is 0.235. The molecule has 2 aromatic carbocycles. The van der Waals surface area contributed by atoms with Crippen molar-refractivity contribution in [3.05, 3.63) is 75.3 Å². The number of benzene rings is 2. The Hall–Kier alpha value is -2.73. The van der Waals surface area contributed by atoms with Gasteiger partial charge in [0.2, 0.25) is 0 Å². The standard InChI is InChI=1S/C17H16N2O4/c1-23-17(20)16(12-7-4-8-15(9-12)19(21)22)18-10-13-5-2-3-6-14(13)11-18/h2-9,16H,10-11H2,1H3/t16-/m0/s1. The van der Waals surface area contributed by atoms with Crippen molar-refractivity contribution in [3.63, 3.8) is 0 Å². The Balaban J connectivity index is 1.95. The van der Waals surface area contributed by atoms with Gasteiger partial charge in [0.25, 0.3) is 5.69 Å². The lowest BCUT2D eigenvalue weighted by atomic mass is 10.0. The number of carbonyl (C=O) groups excluding carboxylic acids is 1. The quantitative estimate of drug-likeness (QED) is 0.493. The number of fused-ring (bicyclic) bond motifs is 1. The number of rotatable bonds is 4. The van der Waals surface area contributed by atoms with Gasteiger partial charge in [-0.2, -0.15) is 0 Å². The first-order valence-electron chi connectivity index (χ1n) is 7.23. The first-order valence-corrected chi connectivity index (χ1v) is 7.23. The summed E-state index contributed by atoms with van der Waals surface area (Å²) in [6.45, 7) is 1.22. The fourth-order valence-electron chi connectivity index (χ4n) is 2.96. The van der Waals surface area contributed by atoms with E-state index in [1.165, 1.54) is 19.2 Å². The molecule has 0 fully saturated rings. The molecule has 0 amide bonds. The van der Waals surface area contributed by atoms with Crippen LogP contribution in [0.15, 0.2) is 48.5 Å². The van der Waals surface area contributed by atoms with Crippen LogP contribution < -0.4 is 0 Å². The van der Waals surface area contributed by atoms with E-state index in [2.05, 4.69) is 0 Å². The summed E-state index contributed by atoms with van der Waals surface area (Å²) in [6, 6.07) is 13.5. The normalized spacial score (nSPS) is 15.0. The van der Waals surface area contributed by atoms with E-state index in [1.807, 2.05) is 29.2 Å². The van der Waals surface area contributed by atoms with E-state index in [-0.39, 0.29) is 5.69 Å². The Morgan fingerprint density at radius 1 is 1.17 bits per heavy atom. The van der Waals surface area contributed by atoms with Crippen molar-refractivity contribution in [3.8, 4) is 0 Å². The van der Waals surface area contributed by atoms with Crippen LogP contribution in [0, 0.1) is 10.1 Å². The van der Waals surface area contributed by atoms with Gasteiger partial charge in [-0.25, -0.2) is 4.79 Å². The number of ether oxygens (including phenoxy) is 1. The zero-order chi connectivity index (χ0) is 16.4. The van der Waals surface area contributed by atoms with Crippen LogP contribution >= 0.6 is 0 Å². The second kappa shape index (κ2) is 6.18. The van der Waals surface area contributed by atoms with E-state index in [4.69, 9.17) is 4.74 Å². The van der Waals surface area contributed by atoms with Gasteiger partial charge in [0.05, 0.1) is 12.0 Å². The number of nitrogens with zero attached hydrogens (tertiary/aromatic N) is 2. The molecule has 0 N–H and O–H groups in total. The predicted octanol–water partition coefficient (Wildman–Crippen LogP) is 2.82. The fourth-order valence-corrected chi connectivity index (χ4v) is 2.96. The van der Waals surface area contributed by atoms with Crippen LogP contribution in [0.3, 0.4) is 0 Å². The highest BCUT2D eigenvalue weighted by Gasteiger charge is 2.33. The maximum atomic E-state index is 12.3. The molecule has 0 aliphatic carbocycles. The number of hydrogen-bond acceptors (Lipinski definition) is 5. The molecule has 0 unspecified atom stereocenters. The van der Waals surface area contributed by atoms with Gasteiger partial charge < -0.3 is 4.74 Å². The molecule has 1 aliphatic heterocycles. The Bertz CT molecular complexity index is 735. The molecule has 0 radical (unpaired) electrons. The molecule has 3 rings (SSSR count). The summed E-state index contributed by atoms with van der Waals surface area (Å²) in [7, 11) is 1.33. The summed E-state index contributed by atoms with van der Waals surface area (Å²) in [5.74, 6) is -0.418. The average molecular weight is 312 g/mol. The number of nitro groups is 1. The van der Waals surface area contributed by atoms with Crippen LogP contribution in [0.2, 0.25) is 0 Å². The summed E-state index contributed by atoms with van der Waals surface area (Å²) in [4.78, 5) is 24.8. The summed E-state index contributed by atoms with van der Waals surface area (Å²) < 4.78 is 4.93. The molecule has 0 spiro atoms. The van der Waals surface area contributed by atoms with Gasteiger partial charge >= 0.3 is 5.97 Å². The van der Waals surface area contributed by atoms with Crippen LogP contribution in [-0.4, -0.2) is 22.9 Å². The molecule has 1 atom stereocenters. The van der Waals surface area contributed by atoms with Crippen LogP contribution in [0.25, 0.3) is 0 Å². The van der Waals surface area contributed by atoms with E-state index in [9.17, 15) is 14.9 Å². The smallest absolute Gasteiger partial charge is 0.327 e. The van der Waals surface area contributed by atoms with Gasteiger partial charge in [-0.15, -0.1) is 0 Å². The Morgan fingerprint density at radius 3 is 2.39 bits per heavy atom. The topological polar surface area (TPSA) is 72.7 Å². The predicted molar refractivity (Wildman–Crippen MR) is 83.5 cm³/mol. The van der Waals surface area contributed by atoms with Crippen molar-refractivity contribution in [2.75, 3.05) is 7.11 Å². The summed E-state index contributed by atoms with van der Waals surface area (Å²) in [5, 5.41) is 11.0. The van der Waals surface area contributed by atoms with Crippen LogP contribution in [0.1, 0.15) is 22.7 Å². The number of hydrogen-bond donors (Lipinski definition) is 0. The molecule has 6 nitrogen and oxygen atoms in total. The number of methoxy groups -OCH3 is 1. The molecule has 6 heteroatoms. The van der Waals surface area contributed by atoms with E-state index in [0.29, 0.717) is 18.7 Å². The van der Waals surface area contributed by atoms with Crippen molar-refractivity contribution in [2.45, 2.75) is 19.1 Å². The second-order valence-electron chi connectivity index (χ2n) is 5.45. The SMILES string of the molecule is COC(=O)[C@H](c1cccc([N+](=O)[O-])c1)N1Cc2ccccc2C1. The Kier molecular flexibility index (Phi) is 4.08. The minimum absolute atomic E-state index is 0.0342. The lowest BCUT2D eigenvalue weighted by Crippen LogP contribution is -2.31. The largest absolute Gasteiger partial charge is 0.468 e. The van der Waals surface area contributed by atoms with Gasteiger partial charge in [-0.05, 0) is 16.7 Å². The lowest BCUT2D eigenvalue weighted by Gasteiger charge is -2.25. The van der Waals surface area contributed by atoms with Crippen molar-refractivity contribution < 1.29 is 14.5 Å². The summed E-state index contributed by atoms with van der Waals surface area (Å²) >= 11 is 0. The molecule has 118 valence electrons. The van der Waals surface area contributed by atoms with Gasteiger partial charge in [-0.1, -0.05) is 36.4 Å². The third-order valence-electron chi connectivity index (χ3n) is 4.05. The van der Waals surface area contributed by atoms with E-state index >= 15 is 0 Å². The van der Waals surface area contributed by atoms with Crippen molar-refractivity contribution in [1.82, 2.24) is 4.90 Å². The van der Waals surface area contributed by atoms with Crippen LogP contribution in [0.4, 0.5) is 5.69 Å². The molecule has 2 aromatic rings. The number of carbonyl (C=O) groups is 1. The highest BCUT2D eigenvalue weighted by molar-refractivity contribution is 5.78. The van der Waals surface area contributed by atoms with Crippen LogP contribution in [0.5, 0.6) is 0 Å².